The molecule has 428 valence electrons. The van der Waals surface area contributed by atoms with Crippen LogP contribution in [0.2, 0.25) is 0 Å². The van der Waals surface area contributed by atoms with Gasteiger partial charge < -0.3 is 36.8 Å². The Morgan fingerprint density at radius 2 is 1.37 bits per heavy atom. The van der Waals surface area contributed by atoms with Crippen LogP contribution in [0.3, 0.4) is 0 Å². The predicted octanol–water partition coefficient (Wildman–Crippen LogP) is 8.12. The van der Waals surface area contributed by atoms with E-state index in [2.05, 4.69) is 30.9 Å². The summed E-state index contributed by atoms with van der Waals surface area (Å²) < 4.78 is 0. The van der Waals surface area contributed by atoms with Crippen molar-refractivity contribution in [1.82, 2.24) is 55.7 Å². The first-order valence-corrected chi connectivity index (χ1v) is 31.9. The van der Waals surface area contributed by atoms with Crippen LogP contribution in [0.1, 0.15) is 131 Å². The van der Waals surface area contributed by atoms with E-state index < -0.39 is 59.7 Å². The van der Waals surface area contributed by atoms with Crippen LogP contribution >= 0.6 is 68.0 Å². The van der Waals surface area contributed by atoms with Crippen molar-refractivity contribution in [2.24, 2.45) is 23.5 Å². The van der Waals surface area contributed by atoms with Gasteiger partial charge in [0, 0.05) is 75.6 Å². The number of primary amides is 1. The van der Waals surface area contributed by atoms with Crippen molar-refractivity contribution in [3.05, 3.63) is 117 Å². The second-order valence-electron chi connectivity index (χ2n) is 20.8. The number of aryl methyl sites for hydroxylation is 3. The van der Waals surface area contributed by atoms with Crippen LogP contribution < -0.4 is 21.7 Å². The maximum atomic E-state index is 15.0. The van der Waals surface area contributed by atoms with Crippen molar-refractivity contribution < 1.29 is 43.8 Å². The van der Waals surface area contributed by atoms with Gasteiger partial charge in [0.1, 0.15) is 70.9 Å². The van der Waals surface area contributed by atoms with E-state index in [4.69, 9.17) is 25.7 Å². The molecule has 10 bridgehead atoms. The van der Waals surface area contributed by atoms with E-state index in [1.807, 2.05) is 48.9 Å². The summed E-state index contributed by atoms with van der Waals surface area (Å²) in [6.45, 7) is 5.94. The number of pyridine rings is 1. The Balaban J connectivity index is 0.948. The first-order valence-electron chi connectivity index (χ1n) is 26.7. The smallest absolute Gasteiger partial charge is 0.306 e. The fourth-order valence-electron chi connectivity index (χ4n) is 10.4. The number of nitrogens with one attached hydrogen (secondary N) is 3. The highest BCUT2D eigenvalue weighted by atomic mass is 32.1. The number of carboxylic acid groups (broad SMARTS) is 1. The molecule has 5 atom stereocenters. The molecule has 1 aromatic carbocycles. The van der Waals surface area contributed by atoms with Crippen LogP contribution in [-0.2, 0) is 27.2 Å². The van der Waals surface area contributed by atoms with Gasteiger partial charge in [-0.25, -0.2) is 34.9 Å². The number of thiazole rings is 6. The van der Waals surface area contributed by atoms with Crippen molar-refractivity contribution >= 4 is 109 Å². The molecule has 0 radical (unpaired) electrons. The van der Waals surface area contributed by atoms with Gasteiger partial charge in [-0.15, -0.1) is 68.0 Å². The summed E-state index contributed by atoms with van der Waals surface area (Å²) in [4.78, 5) is 130. The van der Waals surface area contributed by atoms with E-state index in [1.165, 1.54) is 56.7 Å². The number of hydrogen-bond donors (Lipinski definition) is 6. The number of carboxylic acids is 1. The number of aliphatic hydroxyl groups excluding tert-OH is 1. The van der Waals surface area contributed by atoms with Gasteiger partial charge in [0.05, 0.1) is 41.2 Å². The number of amides is 5. The lowest BCUT2D eigenvalue weighted by Gasteiger charge is -2.29. The van der Waals surface area contributed by atoms with E-state index in [1.54, 1.807) is 40.1 Å². The zero-order chi connectivity index (χ0) is 58.2. The molecule has 7 N–H and O–H groups in total. The van der Waals surface area contributed by atoms with Crippen molar-refractivity contribution in [2.45, 2.75) is 96.4 Å². The average molecular weight is 1230 g/mol. The highest BCUT2D eigenvalue weighted by molar-refractivity contribution is 7.15. The van der Waals surface area contributed by atoms with Gasteiger partial charge in [0.2, 0.25) is 11.8 Å². The maximum Gasteiger partial charge on any atom is 0.306 e. The number of fused-ring (bicyclic) bond motifs is 16. The Bertz CT molecular complexity index is 3800. The van der Waals surface area contributed by atoms with Gasteiger partial charge in [-0.05, 0) is 63.1 Å². The molecule has 0 unspecified atom stereocenters. The molecule has 0 spiro atoms. The van der Waals surface area contributed by atoms with E-state index >= 15 is 0 Å². The number of hydrogen-bond acceptors (Lipinski definition) is 21. The monoisotopic (exact) mass is 1230 g/mol. The number of nitrogens with two attached hydrogens (primary N) is 1. The third kappa shape index (κ3) is 12.6. The molecule has 8 aromatic rings. The van der Waals surface area contributed by atoms with Crippen LogP contribution in [0.25, 0.3) is 43.4 Å². The number of rotatable bonds is 9. The van der Waals surface area contributed by atoms with Crippen LogP contribution in [0.5, 0.6) is 0 Å². The molecule has 2 fully saturated rings. The van der Waals surface area contributed by atoms with Crippen molar-refractivity contribution in [1.29, 1.82) is 0 Å². The number of benzene rings is 1. The van der Waals surface area contributed by atoms with Gasteiger partial charge >= 0.3 is 5.97 Å². The van der Waals surface area contributed by atoms with Crippen molar-refractivity contribution in [2.75, 3.05) is 13.1 Å². The van der Waals surface area contributed by atoms with Gasteiger partial charge in [-0.3, -0.25) is 33.6 Å². The molecule has 83 heavy (non-hydrogen) atoms. The lowest BCUT2D eigenvalue weighted by atomic mass is 9.82. The van der Waals surface area contributed by atoms with Gasteiger partial charge in [-0.1, -0.05) is 36.8 Å². The Kier molecular flexibility index (Phi) is 16.9. The molecule has 27 heteroatoms. The van der Waals surface area contributed by atoms with Crippen LogP contribution in [0, 0.1) is 31.6 Å². The predicted molar refractivity (Wildman–Crippen MR) is 315 cm³/mol. The standard InChI is InChI=1S/C56H54N12O9S6/c1-25-4-6-28(7-5-25)16-34-55(75)68-19-41(70)26(2)46(68)54-66-39(24-82-54)52-63-35(20-80-52)45-31(12-13-32(60-45)51-65-36(22-81-51)47(72)58-18-29-8-10-30(11-9-29)56(76)77)50-64-38(23-79-50)49(74)61-33(17-42(57)71)53-67-44(27(3)83-53)40(69)14-15-43-59-37(21-78-43)48(73)62-34/h4-7,12-13,20-24,26,29-30,33-34,41,46,70H,8-11,14-19H2,1-3H3,(H2,57,71)(H,58,72)(H,61,74)(H,62,73)(H,76,77)/t26-,29?,30?,33-,34-,41-,46-/m0/s1. The highest BCUT2D eigenvalue weighted by Gasteiger charge is 2.45. The van der Waals surface area contributed by atoms with E-state index in [-0.39, 0.29) is 78.5 Å². The highest BCUT2D eigenvalue weighted by Crippen LogP contribution is 2.43. The summed E-state index contributed by atoms with van der Waals surface area (Å²) in [6, 6.07) is 8.48. The van der Waals surface area contributed by atoms with Crippen LogP contribution in [0.4, 0.5) is 0 Å². The Morgan fingerprint density at radius 1 is 0.699 bits per heavy atom. The zero-order valence-electron chi connectivity index (χ0n) is 44.8. The number of Topliss-reactive ketones (excluding diaryl/α,β-unsaturated/α-hetero) is 1. The lowest BCUT2D eigenvalue weighted by Crippen LogP contribution is -2.50. The summed E-state index contributed by atoms with van der Waals surface area (Å²) >= 11 is 7.39. The third-order valence-electron chi connectivity index (χ3n) is 15.0. The normalized spacial score (nSPS) is 21.4. The lowest BCUT2D eigenvalue weighted by molar-refractivity contribution is -0.143. The number of aliphatic carboxylic acids is 1. The number of carbonyl (C=O) groups excluding carboxylic acids is 6. The Hall–Kier alpha value is -7.40. The summed E-state index contributed by atoms with van der Waals surface area (Å²) in [5, 5.41) is 40.8. The first kappa shape index (κ1) is 57.4. The molecular weight excluding hydrogens is 1180 g/mol. The fourth-order valence-corrected chi connectivity index (χ4v) is 15.6. The molecule has 9 heterocycles. The molecule has 1 saturated heterocycles. The van der Waals surface area contributed by atoms with E-state index in [0.717, 1.165) is 22.5 Å². The average Bonchev–Trinajstić information content (AvgIpc) is 3.91. The maximum absolute atomic E-state index is 15.0. The molecule has 11 rings (SSSR count). The van der Waals surface area contributed by atoms with E-state index in [9.17, 15) is 43.8 Å². The molecule has 5 amide bonds. The van der Waals surface area contributed by atoms with Crippen molar-refractivity contribution in [3.8, 4) is 43.4 Å². The molecular formula is C56H54N12O9S6. The summed E-state index contributed by atoms with van der Waals surface area (Å²) in [5.74, 6) is -4.44. The molecule has 2 aliphatic heterocycles. The number of aliphatic hydroxyl groups is 1. The van der Waals surface area contributed by atoms with Gasteiger partial charge in [0.25, 0.3) is 17.7 Å². The minimum Gasteiger partial charge on any atom is -0.481 e. The Labute approximate surface area is 499 Å². The van der Waals surface area contributed by atoms with E-state index in [0.29, 0.717) is 95.5 Å². The molecule has 21 nitrogen and oxygen atoms in total. The topological polar surface area (TPSA) is 316 Å². The number of carbonyl (C=O) groups is 7. The van der Waals surface area contributed by atoms with Gasteiger partial charge in [-0.2, -0.15) is 0 Å². The quantitative estimate of drug-likeness (QED) is 0.0794. The second kappa shape index (κ2) is 24.4. The molecule has 3 aliphatic rings. The van der Waals surface area contributed by atoms with Gasteiger partial charge in [0.15, 0.2) is 5.78 Å². The fraction of sp³-hybridized carbons (Fsp3) is 0.357. The Morgan fingerprint density at radius 3 is 2.13 bits per heavy atom. The number of nitrogens with zero attached hydrogens (tertiary/aromatic N) is 8. The van der Waals surface area contributed by atoms with Crippen LogP contribution in [-0.4, -0.2) is 117 Å². The summed E-state index contributed by atoms with van der Waals surface area (Å²) in [5.41, 5.74) is 10.3. The molecule has 1 saturated carbocycles. The largest absolute Gasteiger partial charge is 0.481 e. The first-order chi connectivity index (χ1) is 39.9. The number of aromatic nitrogens is 7. The minimum absolute atomic E-state index is 0.00491. The zero-order valence-corrected chi connectivity index (χ0v) is 49.7. The summed E-state index contributed by atoms with van der Waals surface area (Å²) in [6.07, 6.45) is 1.63. The van der Waals surface area contributed by atoms with Crippen molar-refractivity contribution in [3.63, 3.8) is 0 Å². The second-order valence-corrected chi connectivity index (χ2v) is 26.5. The SMILES string of the molecule is Cc1ccc(C[C@@H]2NC(=O)c3csc(n3)CCC(=O)c3nc(sc3C)[C@H](CC(N)=O)NC(=O)c3csc(n3)-c3ccc(-c4nc(C(=O)NCC5CCC(C(=O)O)CC5)cs4)nc3-c3csc(n3)-c3csc(n3)[C@@H]3[C@@H](C)[C@@H](O)CN3C2=O)cc1. The van der Waals surface area contributed by atoms with Crippen LogP contribution in [0.15, 0.2) is 63.3 Å². The molecule has 7 aromatic heterocycles. The molecule has 1 aliphatic carbocycles. The minimum atomic E-state index is -1.07. The summed E-state index contributed by atoms with van der Waals surface area (Å²) in [7, 11) is 0. The number of ketones is 1. The third-order valence-corrected chi connectivity index (χ3v) is 20.5.